The molecule has 31 heavy (non-hydrogen) atoms. The third kappa shape index (κ3) is 4.57. The first kappa shape index (κ1) is 20.6. The molecule has 0 spiro atoms. The van der Waals surface area contributed by atoms with Crippen molar-refractivity contribution in [3.63, 3.8) is 0 Å². The van der Waals surface area contributed by atoms with E-state index in [1.54, 1.807) is 24.4 Å². The molecule has 1 atom stereocenters. The largest absolute Gasteiger partial charge is 0.415 e. The first-order valence-electron chi connectivity index (χ1n) is 9.90. The average Bonchev–Trinajstić information content (AvgIpc) is 3.46. The number of nitrogens with zero attached hydrogens (tertiary/aromatic N) is 6. The highest BCUT2D eigenvalue weighted by molar-refractivity contribution is 5.58. The Labute approximate surface area is 177 Å². The van der Waals surface area contributed by atoms with Crippen LogP contribution in [0.3, 0.4) is 0 Å². The Bertz CT molecular complexity index is 1120. The molecule has 0 fully saturated rings. The lowest BCUT2D eigenvalue weighted by Gasteiger charge is -2.17. The van der Waals surface area contributed by atoms with Crippen molar-refractivity contribution in [3.05, 3.63) is 60.2 Å². The van der Waals surface area contributed by atoms with Crippen LogP contribution in [0.2, 0.25) is 0 Å². The molecule has 4 rings (SSSR count). The van der Waals surface area contributed by atoms with Crippen LogP contribution in [0.15, 0.2) is 53.2 Å². The summed E-state index contributed by atoms with van der Waals surface area (Å²) in [5.41, 5.74) is 8.77. The molecule has 1 unspecified atom stereocenters. The molecule has 8 nitrogen and oxygen atoms in total. The van der Waals surface area contributed by atoms with Crippen LogP contribution in [0, 0.1) is 0 Å². The number of pyridine rings is 1. The van der Waals surface area contributed by atoms with Crippen LogP contribution in [0.25, 0.3) is 22.7 Å². The highest BCUT2D eigenvalue weighted by Crippen LogP contribution is 2.29. The summed E-state index contributed by atoms with van der Waals surface area (Å²) in [6.07, 6.45) is 3.67. The summed E-state index contributed by atoms with van der Waals surface area (Å²) in [7, 11) is 0. The molecule has 0 amide bonds. The fraction of sp³-hybridized carbons (Fsp3) is 0.286. The van der Waals surface area contributed by atoms with Gasteiger partial charge in [-0.3, -0.25) is 0 Å². The monoisotopic (exact) mass is 425 g/mol. The quantitative estimate of drug-likeness (QED) is 0.436. The van der Waals surface area contributed by atoms with E-state index in [0.29, 0.717) is 17.1 Å². The number of hydrogen-bond donors (Lipinski definition) is 1. The summed E-state index contributed by atoms with van der Waals surface area (Å²) in [4.78, 5) is 4.10. The minimum absolute atomic E-state index is 0.0312. The molecule has 3 heterocycles. The molecule has 4 aromatic rings. The second-order valence-electron chi connectivity index (χ2n) is 7.08. The molecule has 0 saturated heterocycles. The van der Waals surface area contributed by atoms with Crippen molar-refractivity contribution < 1.29 is 13.2 Å². The Morgan fingerprint density at radius 1 is 1.03 bits per heavy atom. The van der Waals surface area contributed by atoms with E-state index in [2.05, 4.69) is 32.4 Å². The second-order valence-corrected chi connectivity index (χ2v) is 7.08. The second kappa shape index (κ2) is 8.99. The van der Waals surface area contributed by atoms with Gasteiger partial charge in [0.15, 0.2) is 0 Å². The molecule has 0 aliphatic rings. The van der Waals surface area contributed by atoms with Gasteiger partial charge in [-0.25, -0.2) is 9.67 Å². The maximum absolute atomic E-state index is 12.7. The third-order valence-corrected chi connectivity index (χ3v) is 4.91. The average molecular weight is 425 g/mol. The lowest BCUT2D eigenvalue weighted by atomic mass is 10.00. The van der Waals surface area contributed by atoms with Gasteiger partial charge in [-0.2, -0.15) is 8.78 Å². The lowest BCUT2D eigenvalue weighted by Crippen LogP contribution is -2.11. The van der Waals surface area contributed by atoms with Gasteiger partial charge in [0.2, 0.25) is 5.89 Å². The highest BCUT2D eigenvalue weighted by Gasteiger charge is 2.19. The van der Waals surface area contributed by atoms with Crippen molar-refractivity contribution in [2.45, 2.75) is 38.7 Å². The zero-order valence-corrected chi connectivity index (χ0v) is 16.8. The third-order valence-electron chi connectivity index (χ3n) is 4.91. The number of hydrogen-bond acceptors (Lipinski definition) is 7. The first-order chi connectivity index (χ1) is 15.0. The predicted molar refractivity (Wildman–Crippen MR) is 110 cm³/mol. The van der Waals surface area contributed by atoms with E-state index in [4.69, 9.17) is 10.2 Å². The van der Waals surface area contributed by atoms with Crippen LogP contribution in [0.4, 0.5) is 14.6 Å². The SMILES string of the molecule is CCCCC(c1ccc(-c2nnc(C(F)F)o2)cc1)n1cc(-c2ccc(N)nc2)nn1. The molecule has 0 saturated carbocycles. The molecular formula is C21H21F2N7O. The summed E-state index contributed by atoms with van der Waals surface area (Å²) in [5.74, 6) is -0.183. The Hall–Kier alpha value is -3.69. The van der Waals surface area contributed by atoms with Crippen LogP contribution in [-0.2, 0) is 0 Å². The maximum atomic E-state index is 12.7. The van der Waals surface area contributed by atoms with E-state index >= 15 is 0 Å². The van der Waals surface area contributed by atoms with Gasteiger partial charge >= 0.3 is 6.43 Å². The van der Waals surface area contributed by atoms with Crippen LogP contribution in [-0.4, -0.2) is 30.2 Å². The van der Waals surface area contributed by atoms with Gasteiger partial charge in [-0.05, 0) is 36.2 Å². The maximum Gasteiger partial charge on any atom is 0.314 e. The molecule has 160 valence electrons. The van der Waals surface area contributed by atoms with Crippen molar-refractivity contribution in [1.29, 1.82) is 0 Å². The molecule has 10 heteroatoms. The lowest BCUT2D eigenvalue weighted by molar-refractivity contribution is 0.116. The van der Waals surface area contributed by atoms with E-state index in [1.165, 1.54) is 0 Å². The summed E-state index contributed by atoms with van der Waals surface area (Å²) < 4.78 is 32.2. The molecule has 0 bridgehead atoms. The fourth-order valence-electron chi connectivity index (χ4n) is 3.25. The number of nitrogen functional groups attached to an aromatic ring is 1. The first-order valence-corrected chi connectivity index (χ1v) is 9.90. The molecule has 0 radical (unpaired) electrons. The van der Waals surface area contributed by atoms with Crippen LogP contribution in [0.5, 0.6) is 0 Å². The normalized spacial score (nSPS) is 12.4. The van der Waals surface area contributed by atoms with Crippen molar-refractivity contribution in [2.24, 2.45) is 0 Å². The molecule has 1 aromatic carbocycles. The zero-order valence-electron chi connectivity index (χ0n) is 16.8. The summed E-state index contributed by atoms with van der Waals surface area (Å²) in [5, 5.41) is 15.7. The zero-order chi connectivity index (χ0) is 21.8. The number of anilines is 1. The molecule has 0 aliphatic carbocycles. The Morgan fingerprint density at radius 2 is 1.81 bits per heavy atom. The van der Waals surface area contributed by atoms with E-state index in [1.807, 2.05) is 29.1 Å². The Balaban J connectivity index is 1.59. The van der Waals surface area contributed by atoms with Crippen LogP contribution in [0.1, 0.15) is 50.1 Å². The number of benzene rings is 1. The van der Waals surface area contributed by atoms with E-state index < -0.39 is 12.3 Å². The summed E-state index contributed by atoms with van der Waals surface area (Å²) in [6, 6.07) is 10.9. The number of aromatic nitrogens is 6. The van der Waals surface area contributed by atoms with Gasteiger partial charge < -0.3 is 10.2 Å². The Morgan fingerprint density at radius 3 is 2.45 bits per heavy atom. The van der Waals surface area contributed by atoms with Gasteiger partial charge in [0.1, 0.15) is 11.5 Å². The van der Waals surface area contributed by atoms with Crippen molar-refractivity contribution in [1.82, 2.24) is 30.2 Å². The van der Waals surface area contributed by atoms with Gasteiger partial charge in [0.25, 0.3) is 5.89 Å². The minimum Gasteiger partial charge on any atom is -0.415 e. The van der Waals surface area contributed by atoms with Crippen LogP contribution >= 0.6 is 0 Å². The van der Waals surface area contributed by atoms with Crippen molar-refractivity contribution in [2.75, 3.05) is 5.73 Å². The number of nitrogens with two attached hydrogens (primary N) is 1. The van der Waals surface area contributed by atoms with Gasteiger partial charge in [0, 0.05) is 17.3 Å². The van der Waals surface area contributed by atoms with E-state index in [9.17, 15) is 8.78 Å². The topological polar surface area (TPSA) is 109 Å². The van der Waals surface area contributed by atoms with Crippen molar-refractivity contribution >= 4 is 5.82 Å². The smallest absolute Gasteiger partial charge is 0.314 e. The van der Waals surface area contributed by atoms with Crippen molar-refractivity contribution in [3.8, 4) is 22.7 Å². The predicted octanol–water partition coefficient (Wildman–Crippen LogP) is 4.69. The molecule has 3 aromatic heterocycles. The highest BCUT2D eigenvalue weighted by atomic mass is 19.3. The fourth-order valence-corrected chi connectivity index (χ4v) is 3.25. The van der Waals surface area contributed by atoms with E-state index in [0.717, 1.165) is 30.4 Å². The van der Waals surface area contributed by atoms with Gasteiger partial charge in [0.05, 0.1) is 12.2 Å². The number of rotatable bonds is 8. The summed E-state index contributed by atoms with van der Waals surface area (Å²) >= 11 is 0. The summed E-state index contributed by atoms with van der Waals surface area (Å²) in [6.45, 7) is 2.13. The molecule has 2 N–H and O–H groups in total. The molecule has 0 aliphatic heterocycles. The van der Waals surface area contributed by atoms with Crippen LogP contribution < -0.4 is 5.73 Å². The molecular weight excluding hydrogens is 404 g/mol. The number of halogens is 2. The minimum atomic E-state index is -2.79. The van der Waals surface area contributed by atoms with Gasteiger partial charge in [-0.15, -0.1) is 15.3 Å². The van der Waals surface area contributed by atoms with E-state index in [-0.39, 0.29) is 11.9 Å². The Kier molecular flexibility index (Phi) is 5.96. The standard InChI is InChI=1S/C21H21F2N7O/c1-2-3-4-17(30-12-16(26-29-30)15-9-10-18(24)25-11-15)13-5-7-14(8-6-13)20-27-28-21(31-20)19(22)23/h5-12,17,19H,2-4H2,1H3,(H2,24,25). The van der Waals surface area contributed by atoms with Gasteiger partial charge in [-0.1, -0.05) is 37.1 Å². The number of alkyl halides is 2. The number of unbranched alkanes of at least 4 members (excludes halogenated alkanes) is 1.